The van der Waals surface area contributed by atoms with Gasteiger partial charge in [0.2, 0.25) is 0 Å². The number of hydrogen-bond donors (Lipinski definition) is 1. The Bertz CT molecular complexity index is 1080. The Morgan fingerprint density at radius 1 is 0.967 bits per heavy atom. The predicted octanol–water partition coefficient (Wildman–Crippen LogP) is 6.25. The van der Waals surface area contributed by atoms with Crippen LogP contribution in [0.15, 0.2) is 48.5 Å². The van der Waals surface area contributed by atoms with Crippen LogP contribution in [0.5, 0.6) is 0 Å². The summed E-state index contributed by atoms with van der Waals surface area (Å²) in [6.07, 6.45) is 2.98. The zero-order valence-corrected chi connectivity index (χ0v) is 18.6. The summed E-state index contributed by atoms with van der Waals surface area (Å²) < 4.78 is 0.712. The molecule has 0 fully saturated rings. The van der Waals surface area contributed by atoms with Crippen molar-refractivity contribution in [3.05, 3.63) is 80.0 Å². The molecular weight excluding hydrogens is 416 g/mol. The number of fused-ring (bicyclic) bond motifs is 1. The molecule has 0 unspecified atom stereocenters. The molecule has 0 radical (unpaired) electrons. The fourth-order valence-corrected chi connectivity index (χ4v) is 5.15. The highest BCUT2D eigenvalue weighted by Gasteiger charge is 2.24. The first-order chi connectivity index (χ1) is 14.4. The van der Waals surface area contributed by atoms with Crippen LogP contribution in [0, 0.1) is 13.8 Å². The second kappa shape index (κ2) is 8.62. The maximum absolute atomic E-state index is 13.2. The molecule has 2 heterocycles. The summed E-state index contributed by atoms with van der Waals surface area (Å²) in [6, 6.07) is 14.7. The highest BCUT2D eigenvalue weighted by atomic mass is 35.5. The number of nitrogens with one attached hydrogen (secondary N) is 1. The van der Waals surface area contributed by atoms with E-state index in [4.69, 9.17) is 11.6 Å². The molecule has 3 aromatic rings. The number of amides is 2. The molecule has 2 amide bonds. The van der Waals surface area contributed by atoms with Gasteiger partial charge in [-0.2, -0.15) is 0 Å². The number of rotatable bonds is 3. The molecule has 30 heavy (non-hydrogen) atoms. The summed E-state index contributed by atoms with van der Waals surface area (Å²) in [7, 11) is 0. The van der Waals surface area contributed by atoms with E-state index < -0.39 is 0 Å². The monoisotopic (exact) mass is 438 g/mol. The summed E-state index contributed by atoms with van der Waals surface area (Å²) in [5.41, 5.74) is 4.90. The average Bonchev–Trinajstić information content (AvgIpc) is 2.96. The van der Waals surface area contributed by atoms with Crippen LogP contribution in [0.1, 0.15) is 49.6 Å². The topological polar surface area (TPSA) is 49.4 Å². The number of halogens is 1. The Morgan fingerprint density at radius 2 is 1.67 bits per heavy atom. The molecule has 2 aromatic carbocycles. The van der Waals surface area contributed by atoms with Gasteiger partial charge in [-0.1, -0.05) is 28.8 Å². The smallest absolute Gasteiger partial charge is 0.258 e. The Labute approximate surface area is 185 Å². The molecular formula is C24H23ClN2O2S. The van der Waals surface area contributed by atoms with Crippen LogP contribution in [-0.2, 0) is 6.42 Å². The Hall–Kier alpha value is -2.63. The second-order valence-corrected chi connectivity index (χ2v) is 9.45. The maximum Gasteiger partial charge on any atom is 0.258 e. The zero-order chi connectivity index (χ0) is 21.3. The van der Waals surface area contributed by atoms with Crippen molar-refractivity contribution in [3.63, 3.8) is 0 Å². The van der Waals surface area contributed by atoms with E-state index in [1.807, 2.05) is 43.0 Å². The predicted molar refractivity (Wildman–Crippen MR) is 124 cm³/mol. The lowest BCUT2D eigenvalue weighted by Crippen LogP contribution is -2.31. The van der Waals surface area contributed by atoms with Crippen LogP contribution in [0.25, 0.3) is 0 Å². The SMILES string of the molecule is Cc1cc(C)cc(C(=O)Nc2ccc(C(=O)N3CCCCc4sc(Cl)cc43)cc2)c1. The molecule has 4 nitrogen and oxygen atoms in total. The highest BCUT2D eigenvalue weighted by molar-refractivity contribution is 7.16. The van der Waals surface area contributed by atoms with Gasteiger partial charge in [0.05, 0.1) is 10.0 Å². The van der Waals surface area contributed by atoms with Gasteiger partial charge in [-0.05, 0) is 75.6 Å². The molecule has 0 saturated carbocycles. The van der Waals surface area contributed by atoms with Crippen molar-refractivity contribution in [1.29, 1.82) is 0 Å². The van der Waals surface area contributed by atoms with Crippen molar-refractivity contribution in [3.8, 4) is 0 Å². The number of hydrogen-bond acceptors (Lipinski definition) is 3. The molecule has 0 spiro atoms. The van der Waals surface area contributed by atoms with E-state index in [2.05, 4.69) is 5.32 Å². The van der Waals surface area contributed by atoms with Crippen LogP contribution in [0.4, 0.5) is 11.4 Å². The molecule has 1 aromatic heterocycles. The molecule has 1 aliphatic rings. The van der Waals surface area contributed by atoms with Crippen molar-refractivity contribution in [1.82, 2.24) is 0 Å². The fourth-order valence-electron chi connectivity index (χ4n) is 3.84. The minimum Gasteiger partial charge on any atom is -0.322 e. The standard InChI is InChI=1S/C24H23ClN2O2S/c1-15-11-16(2)13-18(12-15)23(28)26-19-8-6-17(7-9-19)24(29)27-10-4-3-5-21-20(27)14-22(25)30-21/h6-9,11-14H,3-5,10H2,1-2H3,(H,26,28). The van der Waals surface area contributed by atoms with E-state index in [0.717, 1.165) is 36.1 Å². The second-order valence-electron chi connectivity index (χ2n) is 7.68. The molecule has 154 valence electrons. The Morgan fingerprint density at radius 3 is 2.37 bits per heavy atom. The number of carbonyl (C=O) groups excluding carboxylic acids is 2. The average molecular weight is 439 g/mol. The first-order valence-electron chi connectivity index (χ1n) is 10.0. The Kier molecular flexibility index (Phi) is 5.93. The minimum absolute atomic E-state index is 0.0418. The summed E-state index contributed by atoms with van der Waals surface area (Å²) in [6.45, 7) is 4.63. The number of aryl methyl sites for hydroxylation is 3. The van der Waals surface area contributed by atoms with Gasteiger partial charge in [0.15, 0.2) is 0 Å². The maximum atomic E-state index is 13.2. The van der Waals surface area contributed by atoms with E-state index in [-0.39, 0.29) is 11.8 Å². The fraction of sp³-hybridized carbons (Fsp3) is 0.250. The van der Waals surface area contributed by atoms with Gasteiger partial charge in [-0.3, -0.25) is 9.59 Å². The van der Waals surface area contributed by atoms with Gasteiger partial charge >= 0.3 is 0 Å². The van der Waals surface area contributed by atoms with Gasteiger partial charge < -0.3 is 10.2 Å². The van der Waals surface area contributed by atoms with Gasteiger partial charge in [-0.15, -0.1) is 11.3 Å². The van der Waals surface area contributed by atoms with E-state index >= 15 is 0 Å². The van der Waals surface area contributed by atoms with Crippen molar-refractivity contribution in [2.45, 2.75) is 33.1 Å². The summed E-state index contributed by atoms with van der Waals surface area (Å²) in [5.74, 6) is -0.203. The lowest BCUT2D eigenvalue weighted by atomic mass is 10.1. The molecule has 4 rings (SSSR count). The molecule has 1 aliphatic heterocycles. The van der Waals surface area contributed by atoms with Crippen molar-refractivity contribution >= 4 is 46.1 Å². The largest absolute Gasteiger partial charge is 0.322 e. The van der Waals surface area contributed by atoms with Crippen LogP contribution >= 0.6 is 22.9 Å². The van der Waals surface area contributed by atoms with Gasteiger partial charge in [0, 0.05) is 28.2 Å². The molecule has 0 atom stereocenters. The molecule has 1 N–H and O–H groups in total. The normalized spacial score (nSPS) is 13.5. The number of nitrogens with zero attached hydrogens (tertiary/aromatic N) is 1. The lowest BCUT2D eigenvalue weighted by Gasteiger charge is -2.21. The van der Waals surface area contributed by atoms with E-state index in [1.165, 1.54) is 4.88 Å². The van der Waals surface area contributed by atoms with Gasteiger partial charge in [0.25, 0.3) is 11.8 Å². The zero-order valence-electron chi connectivity index (χ0n) is 17.0. The number of thiophene rings is 1. The van der Waals surface area contributed by atoms with Crippen LogP contribution < -0.4 is 10.2 Å². The van der Waals surface area contributed by atoms with Crippen LogP contribution in [0.2, 0.25) is 4.34 Å². The summed E-state index contributed by atoms with van der Waals surface area (Å²) in [5, 5.41) is 2.91. The lowest BCUT2D eigenvalue weighted by molar-refractivity contribution is 0.0986. The van der Waals surface area contributed by atoms with Crippen molar-refractivity contribution in [2.24, 2.45) is 0 Å². The molecule has 0 saturated heterocycles. The molecule has 0 bridgehead atoms. The van der Waals surface area contributed by atoms with Crippen LogP contribution in [-0.4, -0.2) is 18.4 Å². The summed E-state index contributed by atoms with van der Waals surface area (Å²) >= 11 is 7.75. The molecule has 6 heteroatoms. The third-order valence-electron chi connectivity index (χ3n) is 5.20. The first-order valence-corrected chi connectivity index (χ1v) is 11.2. The van der Waals surface area contributed by atoms with Gasteiger partial charge in [-0.25, -0.2) is 0 Å². The number of benzene rings is 2. The minimum atomic E-state index is -0.161. The third-order valence-corrected chi connectivity index (χ3v) is 6.51. The highest BCUT2D eigenvalue weighted by Crippen LogP contribution is 2.37. The molecule has 0 aliphatic carbocycles. The first kappa shape index (κ1) is 20.6. The Balaban J connectivity index is 1.51. The van der Waals surface area contributed by atoms with E-state index in [0.29, 0.717) is 27.7 Å². The van der Waals surface area contributed by atoms with Crippen molar-refractivity contribution in [2.75, 3.05) is 16.8 Å². The quantitative estimate of drug-likeness (QED) is 0.525. The van der Waals surface area contributed by atoms with Crippen LogP contribution in [0.3, 0.4) is 0 Å². The van der Waals surface area contributed by atoms with E-state index in [9.17, 15) is 9.59 Å². The van der Waals surface area contributed by atoms with E-state index in [1.54, 1.807) is 35.6 Å². The third kappa shape index (κ3) is 4.42. The summed E-state index contributed by atoms with van der Waals surface area (Å²) in [4.78, 5) is 28.7. The number of anilines is 2. The number of carbonyl (C=O) groups is 2. The van der Waals surface area contributed by atoms with Gasteiger partial charge in [0.1, 0.15) is 0 Å². The van der Waals surface area contributed by atoms with Crippen molar-refractivity contribution < 1.29 is 9.59 Å².